The summed E-state index contributed by atoms with van der Waals surface area (Å²) < 4.78 is 38.3. The zero-order valence-electron chi connectivity index (χ0n) is 7.03. The molecule has 14 heavy (non-hydrogen) atoms. The van der Waals surface area contributed by atoms with E-state index in [9.17, 15) is 13.2 Å². The Morgan fingerprint density at radius 3 is 2.57 bits per heavy atom. The van der Waals surface area contributed by atoms with E-state index in [-0.39, 0.29) is 0 Å². The van der Waals surface area contributed by atoms with Crippen molar-refractivity contribution in [2.75, 3.05) is 0 Å². The molecule has 4 heteroatoms. The van der Waals surface area contributed by atoms with Crippen LogP contribution in [0.15, 0.2) is 22.7 Å². The van der Waals surface area contributed by atoms with Gasteiger partial charge in [0.05, 0.1) is 5.56 Å². The number of halogens is 4. The maximum absolute atomic E-state index is 12.5. The van der Waals surface area contributed by atoms with E-state index in [0.29, 0.717) is 22.0 Å². The molecule has 0 aromatic heterocycles. The van der Waals surface area contributed by atoms with E-state index in [1.54, 1.807) is 12.2 Å². The van der Waals surface area contributed by atoms with Crippen molar-refractivity contribution in [3.8, 4) is 0 Å². The van der Waals surface area contributed by atoms with Gasteiger partial charge >= 0.3 is 6.18 Å². The van der Waals surface area contributed by atoms with Gasteiger partial charge in [0.1, 0.15) is 0 Å². The first-order chi connectivity index (χ1) is 6.50. The van der Waals surface area contributed by atoms with Gasteiger partial charge in [-0.1, -0.05) is 28.1 Å². The number of alkyl halides is 3. The van der Waals surface area contributed by atoms with Gasteiger partial charge in [-0.2, -0.15) is 13.2 Å². The fourth-order valence-electron chi connectivity index (χ4n) is 1.60. The smallest absolute Gasteiger partial charge is 0.166 e. The van der Waals surface area contributed by atoms with Crippen LogP contribution in [0, 0.1) is 0 Å². The molecule has 0 N–H and O–H groups in total. The number of rotatable bonds is 0. The predicted molar refractivity (Wildman–Crippen MR) is 51.9 cm³/mol. The maximum atomic E-state index is 12.5. The summed E-state index contributed by atoms with van der Waals surface area (Å²) in [6.07, 6.45) is -0.431. The zero-order valence-corrected chi connectivity index (χ0v) is 8.61. The van der Waals surface area contributed by atoms with E-state index >= 15 is 0 Å². The first-order valence-corrected chi connectivity index (χ1v) is 4.84. The molecule has 0 bridgehead atoms. The van der Waals surface area contributed by atoms with Crippen LogP contribution in [0.1, 0.15) is 16.7 Å². The van der Waals surface area contributed by atoms with E-state index in [4.69, 9.17) is 0 Å². The van der Waals surface area contributed by atoms with Crippen LogP contribution < -0.4 is 0 Å². The molecule has 0 heterocycles. The highest BCUT2D eigenvalue weighted by Crippen LogP contribution is 2.38. The second kappa shape index (κ2) is 3.12. The first-order valence-electron chi connectivity index (χ1n) is 4.05. The molecule has 74 valence electrons. The molecule has 0 aliphatic heterocycles. The fourth-order valence-corrected chi connectivity index (χ4v) is 2.10. The molecule has 0 spiro atoms. The van der Waals surface area contributed by atoms with Crippen LogP contribution >= 0.6 is 15.9 Å². The molecule has 1 aromatic carbocycles. The summed E-state index contributed by atoms with van der Waals surface area (Å²) in [4.78, 5) is 0. The second-order valence-electron chi connectivity index (χ2n) is 3.09. The Balaban J connectivity index is 2.63. The van der Waals surface area contributed by atoms with Gasteiger partial charge < -0.3 is 0 Å². The van der Waals surface area contributed by atoms with Gasteiger partial charge in [-0.25, -0.2) is 0 Å². The number of benzene rings is 1. The number of allylic oxidation sites excluding steroid dienone is 1. The monoisotopic (exact) mass is 262 g/mol. The Morgan fingerprint density at radius 2 is 1.93 bits per heavy atom. The third-order valence-electron chi connectivity index (χ3n) is 2.22. The molecule has 1 aliphatic carbocycles. The third kappa shape index (κ3) is 1.47. The molecule has 0 saturated carbocycles. The molecule has 1 aliphatic rings. The van der Waals surface area contributed by atoms with E-state index in [0.717, 1.165) is 6.07 Å². The summed E-state index contributed by atoms with van der Waals surface area (Å²) in [6, 6.07) is 2.56. The Bertz CT molecular complexity index is 405. The highest BCUT2D eigenvalue weighted by molar-refractivity contribution is 9.10. The van der Waals surface area contributed by atoms with Crippen molar-refractivity contribution >= 4 is 22.0 Å². The summed E-state index contributed by atoms with van der Waals surface area (Å²) >= 11 is 3.23. The lowest BCUT2D eigenvalue weighted by Gasteiger charge is -2.12. The van der Waals surface area contributed by atoms with Crippen molar-refractivity contribution in [2.24, 2.45) is 0 Å². The SMILES string of the molecule is FC(F)(F)c1ccc(Br)c2c1CC=C2. The summed E-state index contributed by atoms with van der Waals surface area (Å²) in [5.74, 6) is 0. The molecule has 0 amide bonds. The Morgan fingerprint density at radius 1 is 1.21 bits per heavy atom. The quantitative estimate of drug-likeness (QED) is 0.662. The largest absolute Gasteiger partial charge is 0.416 e. The topological polar surface area (TPSA) is 0 Å². The van der Waals surface area contributed by atoms with E-state index in [1.807, 2.05) is 0 Å². The van der Waals surface area contributed by atoms with Crippen molar-refractivity contribution in [1.82, 2.24) is 0 Å². The molecule has 0 radical (unpaired) electrons. The van der Waals surface area contributed by atoms with Crippen LogP contribution in [0.3, 0.4) is 0 Å². The van der Waals surface area contributed by atoms with Crippen LogP contribution in [0.25, 0.3) is 6.08 Å². The fraction of sp³-hybridized carbons (Fsp3) is 0.200. The van der Waals surface area contributed by atoms with Gasteiger partial charge in [0.15, 0.2) is 0 Å². The molecule has 0 fully saturated rings. The Labute approximate surface area is 87.6 Å². The molecular formula is C10H6BrF3. The van der Waals surface area contributed by atoms with E-state index in [1.165, 1.54) is 6.07 Å². The average molecular weight is 263 g/mol. The van der Waals surface area contributed by atoms with Crippen molar-refractivity contribution in [3.63, 3.8) is 0 Å². The summed E-state index contributed by atoms with van der Waals surface area (Å²) in [6.45, 7) is 0. The molecule has 2 rings (SSSR count). The van der Waals surface area contributed by atoms with Crippen molar-refractivity contribution < 1.29 is 13.2 Å². The lowest BCUT2D eigenvalue weighted by atomic mass is 10.0. The lowest BCUT2D eigenvalue weighted by Crippen LogP contribution is -2.09. The van der Waals surface area contributed by atoms with Gasteiger partial charge in [-0.3, -0.25) is 0 Å². The minimum atomic E-state index is -4.25. The van der Waals surface area contributed by atoms with Crippen LogP contribution in [0.5, 0.6) is 0 Å². The van der Waals surface area contributed by atoms with Gasteiger partial charge in [-0.15, -0.1) is 0 Å². The minimum absolute atomic E-state index is 0.365. The summed E-state index contributed by atoms with van der Waals surface area (Å²) in [5, 5.41) is 0. The molecule has 0 saturated heterocycles. The van der Waals surface area contributed by atoms with Gasteiger partial charge in [0, 0.05) is 4.47 Å². The predicted octanol–water partition coefficient (Wildman–Crippen LogP) is 4.04. The molecule has 0 atom stereocenters. The normalized spacial score (nSPS) is 14.6. The zero-order chi connectivity index (χ0) is 10.3. The van der Waals surface area contributed by atoms with Crippen LogP contribution in [0.4, 0.5) is 13.2 Å². The minimum Gasteiger partial charge on any atom is -0.166 e. The number of hydrogen-bond acceptors (Lipinski definition) is 0. The Hall–Kier alpha value is -0.770. The number of fused-ring (bicyclic) bond motifs is 1. The van der Waals surface area contributed by atoms with Crippen molar-refractivity contribution in [2.45, 2.75) is 12.6 Å². The average Bonchev–Trinajstić information content (AvgIpc) is 2.50. The molecule has 1 aromatic rings. The standard InChI is InChI=1S/C10H6BrF3/c11-9-5-4-8(10(12,13)14)6-2-1-3-7(6)9/h1,3-5H,2H2. The van der Waals surface area contributed by atoms with Gasteiger partial charge in [0.2, 0.25) is 0 Å². The van der Waals surface area contributed by atoms with Crippen LogP contribution in [-0.4, -0.2) is 0 Å². The molecule has 0 unspecified atom stereocenters. The highest BCUT2D eigenvalue weighted by atomic mass is 79.9. The lowest BCUT2D eigenvalue weighted by molar-refractivity contribution is -0.138. The number of hydrogen-bond donors (Lipinski definition) is 0. The summed E-state index contributed by atoms with van der Waals surface area (Å²) in [5.41, 5.74) is 0.493. The molecule has 0 nitrogen and oxygen atoms in total. The maximum Gasteiger partial charge on any atom is 0.416 e. The van der Waals surface area contributed by atoms with Crippen molar-refractivity contribution in [3.05, 3.63) is 39.4 Å². The van der Waals surface area contributed by atoms with Gasteiger partial charge in [-0.05, 0) is 29.7 Å². The van der Waals surface area contributed by atoms with E-state index in [2.05, 4.69) is 15.9 Å². The van der Waals surface area contributed by atoms with E-state index < -0.39 is 11.7 Å². The highest BCUT2D eigenvalue weighted by Gasteiger charge is 2.34. The summed E-state index contributed by atoms with van der Waals surface area (Å²) in [7, 11) is 0. The van der Waals surface area contributed by atoms with Crippen LogP contribution in [0.2, 0.25) is 0 Å². The van der Waals surface area contributed by atoms with Crippen molar-refractivity contribution in [1.29, 1.82) is 0 Å². The van der Waals surface area contributed by atoms with Gasteiger partial charge in [0.25, 0.3) is 0 Å². The third-order valence-corrected chi connectivity index (χ3v) is 2.91. The second-order valence-corrected chi connectivity index (χ2v) is 3.95. The molecular weight excluding hydrogens is 257 g/mol. The Kier molecular flexibility index (Phi) is 2.18. The van der Waals surface area contributed by atoms with Crippen LogP contribution in [-0.2, 0) is 12.6 Å². The first kappa shape index (κ1) is 9.77.